The molecule has 20 heavy (non-hydrogen) atoms. The molecular formula is C17H15FN2. The van der Waals surface area contributed by atoms with Crippen molar-refractivity contribution in [3.63, 3.8) is 0 Å². The van der Waals surface area contributed by atoms with Crippen LogP contribution in [0.4, 0.5) is 21.5 Å². The first-order valence-electron chi connectivity index (χ1n) is 6.44. The minimum Gasteiger partial charge on any atom is -0.397 e. The molecule has 3 N–H and O–H groups in total. The van der Waals surface area contributed by atoms with Crippen LogP contribution in [0.1, 0.15) is 5.56 Å². The lowest BCUT2D eigenvalue weighted by Gasteiger charge is -2.10. The van der Waals surface area contributed by atoms with Gasteiger partial charge in [0.2, 0.25) is 0 Å². The molecule has 100 valence electrons. The van der Waals surface area contributed by atoms with Gasteiger partial charge in [-0.25, -0.2) is 4.39 Å². The lowest BCUT2D eigenvalue weighted by molar-refractivity contribution is 0.628. The summed E-state index contributed by atoms with van der Waals surface area (Å²) in [6.45, 7) is 2.07. The number of anilines is 3. The fourth-order valence-corrected chi connectivity index (χ4v) is 2.24. The van der Waals surface area contributed by atoms with Gasteiger partial charge in [-0.2, -0.15) is 0 Å². The van der Waals surface area contributed by atoms with E-state index in [4.69, 9.17) is 5.73 Å². The maximum atomic E-state index is 13.3. The normalized spacial score (nSPS) is 10.7. The summed E-state index contributed by atoms with van der Waals surface area (Å²) in [6, 6.07) is 16.6. The van der Waals surface area contributed by atoms with Crippen LogP contribution < -0.4 is 11.1 Å². The van der Waals surface area contributed by atoms with Crippen molar-refractivity contribution in [3.05, 3.63) is 66.0 Å². The Labute approximate surface area is 117 Å². The first kappa shape index (κ1) is 12.5. The minimum atomic E-state index is -0.307. The van der Waals surface area contributed by atoms with Crippen molar-refractivity contribution in [1.29, 1.82) is 0 Å². The van der Waals surface area contributed by atoms with Crippen LogP contribution in [0.5, 0.6) is 0 Å². The number of nitrogen functional groups attached to an aromatic ring is 1. The average molecular weight is 266 g/mol. The molecule has 0 amide bonds. The van der Waals surface area contributed by atoms with E-state index in [0.717, 1.165) is 11.1 Å². The number of benzene rings is 3. The van der Waals surface area contributed by atoms with Crippen LogP contribution in [0.25, 0.3) is 10.8 Å². The molecule has 0 bridgehead atoms. The van der Waals surface area contributed by atoms with Gasteiger partial charge in [0, 0.05) is 5.69 Å². The zero-order valence-electron chi connectivity index (χ0n) is 11.2. The third-order valence-electron chi connectivity index (χ3n) is 3.29. The van der Waals surface area contributed by atoms with E-state index in [1.165, 1.54) is 23.1 Å². The average Bonchev–Trinajstić information content (AvgIpc) is 2.43. The molecule has 3 heteroatoms. The lowest BCUT2D eigenvalue weighted by atomic mass is 10.1. The highest BCUT2D eigenvalue weighted by Crippen LogP contribution is 2.26. The Morgan fingerprint density at radius 2 is 1.65 bits per heavy atom. The number of hydrogen-bond acceptors (Lipinski definition) is 2. The maximum absolute atomic E-state index is 13.3. The molecule has 0 aromatic heterocycles. The third-order valence-corrected chi connectivity index (χ3v) is 3.29. The van der Waals surface area contributed by atoms with Gasteiger partial charge >= 0.3 is 0 Å². The molecule has 0 fully saturated rings. The predicted molar refractivity (Wildman–Crippen MR) is 82.8 cm³/mol. The van der Waals surface area contributed by atoms with E-state index >= 15 is 0 Å². The van der Waals surface area contributed by atoms with Gasteiger partial charge in [-0.05, 0) is 48.0 Å². The van der Waals surface area contributed by atoms with E-state index in [1.54, 1.807) is 6.07 Å². The number of nitrogens with two attached hydrogens (primary N) is 1. The van der Waals surface area contributed by atoms with E-state index in [-0.39, 0.29) is 5.82 Å². The molecule has 0 saturated heterocycles. The number of halogens is 1. The van der Waals surface area contributed by atoms with Gasteiger partial charge in [0.15, 0.2) is 0 Å². The third kappa shape index (κ3) is 2.43. The molecule has 0 heterocycles. The molecule has 0 saturated carbocycles. The SMILES string of the molecule is Cc1ccc2cc(Nc3cc(F)ccc3N)ccc2c1. The molecule has 0 atom stereocenters. The standard InChI is InChI=1S/C17H15FN2/c1-11-2-3-13-9-15(6-4-12(13)8-11)20-17-10-14(18)5-7-16(17)19/h2-10,20H,19H2,1H3. The second-order valence-electron chi connectivity index (χ2n) is 4.92. The van der Waals surface area contributed by atoms with E-state index in [2.05, 4.69) is 30.4 Å². The number of rotatable bonds is 2. The van der Waals surface area contributed by atoms with Crippen molar-refractivity contribution in [1.82, 2.24) is 0 Å². The smallest absolute Gasteiger partial charge is 0.125 e. The molecule has 0 radical (unpaired) electrons. The Bertz CT molecular complexity index is 781. The van der Waals surface area contributed by atoms with Gasteiger partial charge in [-0.3, -0.25) is 0 Å². The quantitative estimate of drug-likeness (QED) is 0.664. The Hall–Kier alpha value is -2.55. The summed E-state index contributed by atoms with van der Waals surface area (Å²) in [4.78, 5) is 0. The zero-order valence-corrected chi connectivity index (χ0v) is 11.2. The van der Waals surface area contributed by atoms with E-state index in [0.29, 0.717) is 11.4 Å². The predicted octanol–water partition coefficient (Wildman–Crippen LogP) is 4.61. The number of hydrogen-bond donors (Lipinski definition) is 2. The Kier molecular flexibility index (Phi) is 3.03. The van der Waals surface area contributed by atoms with Gasteiger partial charge in [-0.15, -0.1) is 0 Å². The van der Waals surface area contributed by atoms with E-state index in [1.807, 2.05) is 18.2 Å². The fourth-order valence-electron chi connectivity index (χ4n) is 2.24. The molecule has 0 aliphatic carbocycles. The molecular weight excluding hydrogens is 251 g/mol. The summed E-state index contributed by atoms with van der Waals surface area (Å²) in [5.74, 6) is -0.307. The van der Waals surface area contributed by atoms with Crippen molar-refractivity contribution >= 4 is 27.8 Å². The largest absolute Gasteiger partial charge is 0.397 e. The lowest BCUT2D eigenvalue weighted by Crippen LogP contribution is -1.97. The van der Waals surface area contributed by atoms with Crippen molar-refractivity contribution in [2.24, 2.45) is 0 Å². The van der Waals surface area contributed by atoms with Gasteiger partial charge in [0.25, 0.3) is 0 Å². The highest BCUT2D eigenvalue weighted by atomic mass is 19.1. The summed E-state index contributed by atoms with van der Waals surface area (Å²) < 4.78 is 13.3. The monoisotopic (exact) mass is 266 g/mol. The second-order valence-corrected chi connectivity index (χ2v) is 4.92. The Morgan fingerprint density at radius 1 is 0.900 bits per heavy atom. The van der Waals surface area contributed by atoms with Crippen LogP contribution in [0.15, 0.2) is 54.6 Å². The molecule has 3 rings (SSSR count). The summed E-state index contributed by atoms with van der Waals surface area (Å²) >= 11 is 0. The van der Waals surface area contributed by atoms with Crippen LogP contribution in [0.2, 0.25) is 0 Å². The topological polar surface area (TPSA) is 38.0 Å². The minimum absolute atomic E-state index is 0.307. The van der Waals surface area contributed by atoms with Gasteiger partial charge in [0.1, 0.15) is 5.82 Å². The molecule has 0 aliphatic heterocycles. The molecule has 0 unspecified atom stereocenters. The first-order valence-corrected chi connectivity index (χ1v) is 6.44. The molecule has 3 aromatic carbocycles. The van der Waals surface area contributed by atoms with Gasteiger partial charge in [-0.1, -0.05) is 29.8 Å². The molecule has 3 aromatic rings. The van der Waals surface area contributed by atoms with Gasteiger partial charge in [0.05, 0.1) is 11.4 Å². The maximum Gasteiger partial charge on any atom is 0.125 e. The molecule has 0 aliphatic rings. The van der Waals surface area contributed by atoms with Crippen LogP contribution in [-0.2, 0) is 0 Å². The number of fused-ring (bicyclic) bond motifs is 1. The summed E-state index contributed by atoms with van der Waals surface area (Å²) in [5, 5.41) is 5.47. The van der Waals surface area contributed by atoms with Crippen molar-refractivity contribution in [3.8, 4) is 0 Å². The van der Waals surface area contributed by atoms with Crippen molar-refractivity contribution < 1.29 is 4.39 Å². The van der Waals surface area contributed by atoms with E-state index in [9.17, 15) is 4.39 Å². The Balaban J connectivity index is 1.98. The summed E-state index contributed by atoms with van der Waals surface area (Å²) in [6.07, 6.45) is 0. The Morgan fingerprint density at radius 3 is 2.50 bits per heavy atom. The van der Waals surface area contributed by atoms with E-state index < -0.39 is 0 Å². The number of nitrogens with one attached hydrogen (secondary N) is 1. The van der Waals surface area contributed by atoms with Crippen molar-refractivity contribution in [2.45, 2.75) is 6.92 Å². The van der Waals surface area contributed by atoms with Crippen LogP contribution in [0.3, 0.4) is 0 Å². The van der Waals surface area contributed by atoms with Crippen molar-refractivity contribution in [2.75, 3.05) is 11.1 Å². The van der Waals surface area contributed by atoms with Crippen LogP contribution >= 0.6 is 0 Å². The highest BCUT2D eigenvalue weighted by molar-refractivity contribution is 5.87. The zero-order chi connectivity index (χ0) is 14.1. The van der Waals surface area contributed by atoms with Crippen LogP contribution in [0, 0.1) is 12.7 Å². The summed E-state index contributed by atoms with van der Waals surface area (Å²) in [7, 11) is 0. The second kappa shape index (κ2) is 4.85. The first-order chi connectivity index (χ1) is 9.61. The fraction of sp³-hybridized carbons (Fsp3) is 0.0588. The molecule has 2 nitrogen and oxygen atoms in total. The highest BCUT2D eigenvalue weighted by Gasteiger charge is 2.03. The van der Waals surface area contributed by atoms with Crippen LogP contribution in [-0.4, -0.2) is 0 Å². The summed E-state index contributed by atoms with van der Waals surface area (Å²) in [5.41, 5.74) is 9.06. The van der Waals surface area contributed by atoms with Gasteiger partial charge < -0.3 is 11.1 Å². The molecule has 0 spiro atoms. The number of aryl methyl sites for hydroxylation is 1.